The first-order chi connectivity index (χ1) is 7.06. The molecule has 0 unspecified atom stereocenters. The van der Waals surface area contributed by atoms with E-state index >= 15 is 0 Å². The van der Waals surface area contributed by atoms with Crippen LogP contribution in [0.5, 0.6) is 0 Å². The van der Waals surface area contributed by atoms with E-state index in [1.165, 1.54) is 19.2 Å². The van der Waals surface area contributed by atoms with Gasteiger partial charge in [0.2, 0.25) is 0 Å². The third-order valence-corrected chi connectivity index (χ3v) is 2.57. The molecule has 1 heterocycles. The molecule has 0 atom stereocenters. The van der Waals surface area contributed by atoms with E-state index in [1.807, 2.05) is 6.07 Å². The van der Waals surface area contributed by atoms with Gasteiger partial charge >= 0.3 is 0 Å². The number of fused-ring (bicyclic) bond motifs is 1. The number of halogens is 1. The fraction of sp³-hybridized carbons (Fsp3) is 0.100. The zero-order valence-corrected chi connectivity index (χ0v) is 8.50. The lowest BCUT2D eigenvalue weighted by molar-refractivity contribution is 0.0693. The summed E-state index contributed by atoms with van der Waals surface area (Å²) in [6.07, 6.45) is 0. The number of rotatable bonds is 0. The molecule has 0 N–H and O–H groups in total. The second-order valence-corrected chi connectivity index (χ2v) is 3.57. The van der Waals surface area contributed by atoms with Crippen molar-refractivity contribution in [3.05, 3.63) is 33.8 Å². The molecule has 0 spiro atoms. The summed E-state index contributed by atoms with van der Waals surface area (Å²) < 4.78 is 0. The van der Waals surface area contributed by atoms with Crippen molar-refractivity contribution in [2.75, 3.05) is 7.05 Å². The van der Waals surface area contributed by atoms with E-state index in [9.17, 15) is 9.59 Å². The lowest BCUT2D eigenvalue weighted by Gasteiger charge is -2.02. The Morgan fingerprint density at radius 1 is 1.33 bits per heavy atom. The van der Waals surface area contributed by atoms with Crippen LogP contribution in [0.3, 0.4) is 0 Å². The number of hydrogen-bond donors (Lipinski definition) is 0. The summed E-state index contributed by atoms with van der Waals surface area (Å²) in [6.45, 7) is 0. The smallest absolute Gasteiger partial charge is 0.262 e. The van der Waals surface area contributed by atoms with E-state index in [0.717, 1.165) is 4.90 Å². The molecule has 0 saturated heterocycles. The van der Waals surface area contributed by atoms with Gasteiger partial charge in [-0.05, 0) is 12.1 Å². The molecule has 2 amide bonds. The Labute approximate surface area is 90.7 Å². The standard InChI is InChI=1S/C10H5ClN2O2/c1-13-9(14)6-2-5(4-12)3-7(11)8(6)10(13)15/h2-3H,1H3. The number of imide groups is 1. The molecule has 1 aromatic rings. The summed E-state index contributed by atoms with van der Waals surface area (Å²) >= 11 is 5.83. The minimum Gasteiger partial charge on any atom is -0.277 e. The number of carbonyl (C=O) groups is 2. The molecule has 74 valence electrons. The molecule has 1 aliphatic rings. The van der Waals surface area contributed by atoms with Crippen molar-refractivity contribution in [1.29, 1.82) is 5.26 Å². The van der Waals surface area contributed by atoms with Crippen molar-refractivity contribution in [3.8, 4) is 6.07 Å². The maximum Gasteiger partial charge on any atom is 0.262 e. The van der Waals surface area contributed by atoms with Gasteiger partial charge in [-0.25, -0.2) is 0 Å². The predicted molar refractivity (Wildman–Crippen MR) is 52.6 cm³/mol. The zero-order valence-electron chi connectivity index (χ0n) is 7.74. The molecule has 15 heavy (non-hydrogen) atoms. The zero-order chi connectivity index (χ0) is 11.2. The molecule has 1 aliphatic heterocycles. The minimum atomic E-state index is -0.426. The van der Waals surface area contributed by atoms with E-state index < -0.39 is 11.8 Å². The van der Waals surface area contributed by atoms with E-state index in [4.69, 9.17) is 16.9 Å². The van der Waals surface area contributed by atoms with Crippen LogP contribution in [0.25, 0.3) is 0 Å². The average molecular weight is 221 g/mol. The van der Waals surface area contributed by atoms with Gasteiger partial charge in [-0.15, -0.1) is 0 Å². The van der Waals surface area contributed by atoms with Gasteiger partial charge in [0.1, 0.15) is 0 Å². The highest BCUT2D eigenvalue weighted by Gasteiger charge is 2.35. The largest absolute Gasteiger partial charge is 0.277 e. The summed E-state index contributed by atoms with van der Waals surface area (Å²) in [7, 11) is 1.38. The van der Waals surface area contributed by atoms with Crippen LogP contribution >= 0.6 is 11.6 Å². The quantitative estimate of drug-likeness (QED) is 0.622. The lowest BCUT2D eigenvalue weighted by Crippen LogP contribution is -2.24. The van der Waals surface area contributed by atoms with E-state index in [-0.39, 0.29) is 21.7 Å². The highest BCUT2D eigenvalue weighted by molar-refractivity contribution is 6.37. The topological polar surface area (TPSA) is 61.2 Å². The Balaban J connectivity index is 2.76. The fourth-order valence-corrected chi connectivity index (χ4v) is 1.80. The molecule has 0 aromatic heterocycles. The summed E-state index contributed by atoms with van der Waals surface area (Å²) in [4.78, 5) is 24.1. The maximum atomic E-state index is 11.6. The van der Waals surface area contributed by atoms with Crippen LogP contribution in [0.2, 0.25) is 5.02 Å². The third kappa shape index (κ3) is 1.21. The van der Waals surface area contributed by atoms with Crippen LogP contribution in [-0.2, 0) is 0 Å². The van der Waals surface area contributed by atoms with Gasteiger partial charge < -0.3 is 0 Å². The van der Waals surface area contributed by atoms with Crippen LogP contribution in [0, 0.1) is 11.3 Å². The molecule has 0 radical (unpaired) electrons. The maximum absolute atomic E-state index is 11.6. The number of nitriles is 1. The van der Waals surface area contributed by atoms with Gasteiger partial charge in [-0.3, -0.25) is 14.5 Å². The highest BCUT2D eigenvalue weighted by atomic mass is 35.5. The van der Waals surface area contributed by atoms with Crippen molar-refractivity contribution in [2.24, 2.45) is 0 Å². The van der Waals surface area contributed by atoms with Crippen LogP contribution in [0.1, 0.15) is 26.3 Å². The van der Waals surface area contributed by atoms with Crippen molar-refractivity contribution < 1.29 is 9.59 Å². The number of benzene rings is 1. The van der Waals surface area contributed by atoms with Crippen LogP contribution in [0.15, 0.2) is 12.1 Å². The fourth-order valence-electron chi connectivity index (χ4n) is 1.50. The molecule has 0 fully saturated rings. The first-order valence-corrected chi connectivity index (χ1v) is 4.50. The molecule has 1 aromatic carbocycles. The molecule has 0 saturated carbocycles. The van der Waals surface area contributed by atoms with E-state index in [0.29, 0.717) is 0 Å². The molecule has 5 heteroatoms. The van der Waals surface area contributed by atoms with Crippen molar-refractivity contribution in [2.45, 2.75) is 0 Å². The Morgan fingerprint density at radius 2 is 2.00 bits per heavy atom. The van der Waals surface area contributed by atoms with Crippen LogP contribution in [-0.4, -0.2) is 23.8 Å². The first-order valence-electron chi connectivity index (χ1n) is 4.12. The van der Waals surface area contributed by atoms with Gasteiger partial charge in [-0.2, -0.15) is 5.26 Å². The highest BCUT2D eigenvalue weighted by Crippen LogP contribution is 2.29. The second-order valence-electron chi connectivity index (χ2n) is 3.16. The van der Waals surface area contributed by atoms with Gasteiger partial charge in [-0.1, -0.05) is 11.6 Å². The first kappa shape index (κ1) is 9.69. The number of nitrogens with zero attached hydrogens (tertiary/aromatic N) is 2. The number of hydrogen-bond acceptors (Lipinski definition) is 3. The van der Waals surface area contributed by atoms with Crippen molar-refractivity contribution in [1.82, 2.24) is 4.90 Å². The lowest BCUT2D eigenvalue weighted by atomic mass is 10.1. The molecular weight excluding hydrogens is 216 g/mol. The number of carbonyl (C=O) groups excluding carboxylic acids is 2. The van der Waals surface area contributed by atoms with Gasteiger partial charge in [0.25, 0.3) is 11.8 Å². The predicted octanol–water partition coefficient (Wildman–Crippen LogP) is 1.44. The van der Waals surface area contributed by atoms with Gasteiger partial charge in [0.15, 0.2) is 0 Å². The minimum absolute atomic E-state index is 0.145. The van der Waals surface area contributed by atoms with E-state index in [2.05, 4.69) is 0 Å². The molecule has 4 nitrogen and oxygen atoms in total. The summed E-state index contributed by atoms with van der Waals surface area (Å²) in [5.74, 6) is -0.849. The summed E-state index contributed by atoms with van der Waals surface area (Å²) in [6, 6.07) is 4.64. The Kier molecular flexibility index (Phi) is 1.98. The van der Waals surface area contributed by atoms with Crippen molar-refractivity contribution >= 4 is 23.4 Å². The summed E-state index contributed by atoms with van der Waals surface area (Å²) in [5.41, 5.74) is 0.657. The van der Waals surface area contributed by atoms with Crippen LogP contribution in [0.4, 0.5) is 0 Å². The Morgan fingerprint density at radius 3 is 2.60 bits per heavy atom. The molecular formula is C10H5ClN2O2. The summed E-state index contributed by atoms with van der Waals surface area (Å²) in [5, 5.41) is 8.84. The SMILES string of the molecule is CN1C(=O)c2cc(C#N)cc(Cl)c2C1=O. The normalized spacial score (nSPS) is 14.1. The van der Waals surface area contributed by atoms with E-state index in [1.54, 1.807) is 0 Å². The van der Waals surface area contributed by atoms with Gasteiger partial charge in [0, 0.05) is 7.05 Å². The molecule has 2 rings (SSSR count). The van der Waals surface area contributed by atoms with Crippen molar-refractivity contribution in [3.63, 3.8) is 0 Å². The Hall–Kier alpha value is -1.86. The number of amides is 2. The second kappa shape index (κ2) is 3.07. The monoisotopic (exact) mass is 220 g/mol. The van der Waals surface area contributed by atoms with Gasteiger partial charge in [0.05, 0.1) is 27.8 Å². The average Bonchev–Trinajstić information content (AvgIpc) is 2.44. The molecule has 0 aliphatic carbocycles. The molecule has 0 bridgehead atoms. The van der Waals surface area contributed by atoms with Crippen LogP contribution < -0.4 is 0 Å². The Bertz CT molecular complexity index is 531. The third-order valence-electron chi connectivity index (χ3n) is 2.27.